The second kappa shape index (κ2) is 23.0. The van der Waals surface area contributed by atoms with Gasteiger partial charge in [-0.05, 0) is 210 Å². The van der Waals surface area contributed by atoms with Crippen molar-refractivity contribution in [3.8, 4) is 33.4 Å². The first-order chi connectivity index (χ1) is 39.3. The van der Waals surface area contributed by atoms with Crippen LogP contribution < -0.4 is 19.6 Å². The van der Waals surface area contributed by atoms with Crippen LogP contribution in [0.2, 0.25) is 0 Å². The maximum absolute atomic E-state index is 2.49. The number of rotatable bonds is 15. The van der Waals surface area contributed by atoms with E-state index in [9.17, 15) is 0 Å². The Morgan fingerprint density at radius 3 is 0.900 bits per heavy atom. The third kappa shape index (κ3) is 10.6. The highest BCUT2D eigenvalue weighted by Crippen LogP contribution is 2.45. The molecular formula is C76H64N4. The fraction of sp³-hybridized carbons (Fsp3) is 0.0789. The van der Waals surface area contributed by atoms with Crippen molar-refractivity contribution in [2.75, 3.05) is 19.6 Å². The molecule has 0 saturated heterocycles. The third-order valence-electron chi connectivity index (χ3n) is 15.5. The molecule has 11 aromatic carbocycles. The predicted molar refractivity (Wildman–Crippen MR) is 341 cm³/mol. The number of aryl methyl sites for hydroxylation is 3. The highest BCUT2D eigenvalue weighted by molar-refractivity contribution is 5.89. The van der Waals surface area contributed by atoms with Crippen LogP contribution in [0.15, 0.2) is 303 Å². The number of para-hydroxylation sites is 5. The highest BCUT2D eigenvalue weighted by atomic mass is 15.2. The summed E-state index contributed by atoms with van der Waals surface area (Å²) in [6, 6.07) is 101. The third-order valence-corrected chi connectivity index (χ3v) is 15.5. The predicted octanol–water partition coefficient (Wildman–Crippen LogP) is 21.3. The number of hydrogen-bond donors (Lipinski definition) is 0. The van der Waals surface area contributed by atoms with Crippen LogP contribution in [0.25, 0.3) is 33.4 Å². The number of benzene rings is 11. The van der Waals surface area contributed by atoms with E-state index in [1.165, 1.54) is 39.1 Å². The summed E-state index contributed by atoms with van der Waals surface area (Å²) in [6.07, 6.45) is 8.99. The van der Waals surface area contributed by atoms with Crippen molar-refractivity contribution < 1.29 is 0 Å². The average Bonchev–Trinajstić information content (AvgIpc) is 3.63. The van der Waals surface area contributed by atoms with E-state index in [0.29, 0.717) is 5.92 Å². The molecule has 0 heterocycles. The van der Waals surface area contributed by atoms with Crippen molar-refractivity contribution in [2.45, 2.75) is 33.7 Å². The van der Waals surface area contributed by atoms with Crippen molar-refractivity contribution in [1.82, 2.24) is 0 Å². The first-order valence-corrected chi connectivity index (χ1v) is 27.8. The Hall–Kier alpha value is -9.90. The molecule has 0 N–H and O–H groups in total. The van der Waals surface area contributed by atoms with Gasteiger partial charge in [0.05, 0.1) is 6.04 Å². The maximum Gasteiger partial charge on any atom is 0.0585 e. The molecule has 0 fully saturated rings. The van der Waals surface area contributed by atoms with E-state index in [0.717, 1.165) is 73.6 Å². The molecule has 11 aromatic rings. The molecule has 80 heavy (non-hydrogen) atoms. The van der Waals surface area contributed by atoms with E-state index in [1.54, 1.807) is 0 Å². The summed E-state index contributed by atoms with van der Waals surface area (Å²) < 4.78 is 0. The minimum Gasteiger partial charge on any atom is -0.334 e. The van der Waals surface area contributed by atoms with Crippen molar-refractivity contribution in [1.29, 1.82) is 0 Å². The van der Waals surface area contributed by atoms with E-state index in [-0.39, 0.29) is 6.04 Å². The molecule has 0 amide bonds. The number of allylic oxidation sites excluding steroid dienone is 2. The van der Waals surface area contributed by atoms with Crippen LogP contribution in [0.3, 0.4) is 0 Å². The molecule has 0 saturated carbocycles. The number of nitrogens with zero attached hydrogens (tertiary/aromatic N) is 4. The molecule has 2 unspecified atom stereocenters. The lowest BCUT2D eigenvalue weighted by molar-refractivity contribution is 0.609. The summed E-state index contributed by atoms with van der Waals surface area (Å²) in [5, 5.41) is 0. The zero-order valence-corrected chi connectivity index (χ0v) is 45.8. The van der Waals surface area contributed by atoms with Gasteiger partial charge in [0.1, 0.15) is 0 Å². The maximum atomic E-state index is 2.49. The second-order valence-electron chi connectivity index (χ2n) is 20.8. The van der Waals surface area contributed by atoms with Gasteiger partial charge in [-0.1, -0.05) is 177 Å². The minimum absolute atomic E-state index is 0.160. The lowest BCUT2D eigenvalue weighted by Gasteiger charge is -2.36. The van der Waals surface area contributed by atoms with Gasteiger partial charge in [-0.25, -0.2) is 0 Å². The Morgan fingerprint density at radius 1 is 0.250 bits per heavy atom. The molecule has 1 aliphatic rings. The Bertz CT molecular complexity index is 3710. The van der Waals surface area contributed by atoms with Crippen molar-refractivity contribution in [3.05, 3.63) is 320 Å². The SMILES string of the molecule is Cc1ccc(N(c2ccccc2)c2ccccc2)cc1-c1cccc(N(c2cccc(-c3cc(N(c4ccccc4)c4ccccc4)ccc3C)c2)c2cccc(-c3cc(N(c4ccccc4)C4C=CC=CC4C)ccc3C)c2)c1. The first kappa shape index (κ1) is 50.9. The van der Waals surface area contributed by atoms with Gasteiger partial charge in [0, 0.05) is 62.6 Å². The minimum atomic E-state index is 0.160. The van der Waals surface area contributed by atoms with E-state index >= 15 is 0 Å². The summed E-state index contributed by atoms with van der Waals surface area (Å²) in [7, 11) is 0. The molecule has 0 aromatic heterocycles. The molecule has 0 bridgehead atoms. The van der Waals surface area contributed by atoms with Crippen LogP contribution in [0.5, 0.6) is 0 Å². The average molecular weight is 1030 g/mol. The number of anilines is 11. The molecule has 2 atom stereocenters. The van der Waals surface area contributed by atoms with Gasteiger partial charge in [-0.15, -0.1) is 0 Å². The largest absolute Gasteiger partial charge is 0.334 e. The van der Waals surface area contributed by atoms with E-state index in [1.807, 2.05) is 0 Å². The van der Waals surface area contributed by atoms with Crippen LogP contribution in [-0.4, -0.2) is 6.04 Å². The van der Waals surface area contributed by atoms with Crippen molar-refractivity contribution in [2.24, 2.45) is 5.92 Å². The van der Waals surface area contributed by atoms with Gasteiger partial charge in [0.15, 0.2) is 0 Å². The van der Waals surface area contributed by atoms with Crippen molar-refractivity contribution in [3.63, 3.8) is 0 Å². The molecule has 12 rings (SSSR count). The van der Waals surface area contributed by atoms with Gasteiger partial charge in [0.25, 0.3) is 0 Å². The Labute approximate surface area is 472 Å². The monoisotopic (exact) mass is 1030 g/mol. The normalized spacial score (nSPS) is 13.7. The lowest BCUT2D eigenvalue weighted by Crippen LogP contribution is -2.35. The molecule has 0 radical (unpaired) electrons. The van der Waals surface area contributed by atoms with Gasteiger partial charge >= 0.3 is 0 Å². The summed E-state index contributed by atoms with van der Waals surface area (Å²) in [5.41, 5.74) is 22.7. The fourth-order valence-corrected chi connectivity index (χ4v) is 11.4. The summed E-state index contributed by atoms with van der Waals surface area (Å²) in [5.74, 6) is 0.323. The van der Waals surface area contributed by atoms with Gasteiger partial charge in [-0.2, -0.15) is 0 Å². The standard InChI is InChI=1S/C76H64N4/c1-55-43-46-70(77(62-29-10-5-11-30-62)63-31-12-6-13-32-63)52-73(55)59-26-22-39-67(49-59)79(68-40-23-27-60(50-68)74-53-71(47-44-56(74)2)78(64-33-14-7-15-34-64)65-35-16-8-17-36-65)69-41-24-28-61(51-69)75-54-72(48-45-57(75)3)80(66-37-18-9-19-38-66)76-42-21-20-25-58(76)4/h5-54,58,76H,1-4H3. The molecule has 4 heteroatoms. The fourth-order valence-electron chi connectivity index (χ4n) is 11.4. The Balaban J connectivity index is 0.997. The van der Waals surface area contributed by atoms with Crippen LogP contribution in [-0.2, 0) is 0 Å². The molecule has 0 spiro atoms. The van der Waals surface area contributed by atoms with Gasteiger partial charge < -0.3 is 19.6 Å². The van der Waals surface area contributed by atoms with E-state index < -0.39 is 0 Å². The second-order valence-corrected chi connectivity index (χ2v) is 20.8. The molecule has 388 valence electrons. The molecule has 4 nitrogen and oxygen atoms in total. The van der Waals surface area contributed by atoms with Crippen molar-refractivity contribution >= 4 is 62.6 Å². The summed E-state index contributed by atoms with van der Waals surface area (Å²) >= 11 is 0. The highest BCUT2D eigenvalue weighted by Gasteiger charge is 2.26. The van der Waals surface area contributed by atoms with Gasteiger partial charge in [0.2, 0.25) is 0 Å². The first-order valence-electron chi connectivity index (χ1n) is 27.8. The van der Waals surface area contributed by atoms with Crippen LogP contribution in [0, 0.1) is 26.7 Å². The number of hydrogen-bond acceptors (Lipinski definition) is 4. The topological polar surface area (TPSA) is 13.0 Å². The molecular weight excluding hydrogens is 969 g/mol. The Kier molecular flexibility index (Phi) is 14.6. The Morgan fingerprint density at radius 2 is 0.537 bits per heavy atom. The van der Waals surface area contributed by atoms with Crippen LogP contribution >= 0.6 is 0 Å². The quantitative estimate of drug-likeness (QED) is 0.101. The lowest BCUT2D eigenvalue weighted by atomic mass is 9.93. The smallest absolute Gasteiger partial charge is 0.0585 e. The van der Waals surface area contributed by atoms with Crippen LogP contribution in [0.1, 0.15) is 23.6 Å². The van der Waals surface area contributed by atoms with Gasteiger partial charge in [-0.3, -0.25) is 0 Å². The molecule has 0 aliphatic heterocycles. The zero-order chi connectivity index (χ0) is 54.4. The van der Waals surface area contributed by atoms with E-state index in [2.05, 4.69) is 351 Å². The van der Waals surface area contributed by atoms with Crippen LogP contribution in [0.4, 0.5) is 62.6 Å². The summed E-state index contributed by atoms with van der Waals surface area (Å²) in [4.78, 5) is 9.61. The zero-order valence-electron chi connectivity index (χ0n) is 45.8. The summed E-state index contributed by atoms with van der Waals surface area (Å²) in [6.45, 7) is 8.98. The molecule has 1 aliphatic carbocycles. The van der Waals surface area contributed by atoms with E-state index in [4.69, 9.17) is 0 Å².